The smallest absolute Gasteiger partial charge is 0.123 e. The molecule has 0 bridgehead atoms. The molecule has 1 aromatic heterocycles. The molecular weight excluding hydrogens is 263 g/mol. The second-order valence-electron chi connectivity index (χ2n) is 5.41. The largest absolute Gasteiger partial charge is 0.310 e. The van der Waals surface area contributed by atoms with Gasteiger partial charge in [-0.3, -0.25) is 4.98 Å². The third kappa shape index (κ3) is 4.64. The number of nitrogens with one attached hydrogen (secondary N) is 1. The fourth-order valence-electron chi connectivity index (χ4n) is 2.57. The van der Waals surface area contributed by atoms with Gasteiger partial charge >= 0.3 is 0 Å². The first-order valence-corrected chi connectivity index (χ1v) is 7.59. The Morgan fingerprint density at radius 1 is 1.29 bits per heavy atom. The van der Waals surface area contributed by atoms with Crippen LogP contribution in [0.3, 0.4) is 0 Å². The number of aromatic nitrogens is 1. The van der Waals surface area contributed by atoms with E-state index >= 15 is 0 Å². The first-order valence-electron chi connectivity index (χ1n) is 7.59. The molecule has 0 spiro atoms. The number of hydrogen-bond donors (Lipinski definition) is 1. The predicted molar refractivity (Wildman–Crippen MR) is 84.7 cm³/mol. The Morgan fingerprint density at radius 2 is 2.14 bits per heavy atom. The van der Waals surface area contributed by atoms with Crippen LogP contribution in [-0.2, 0) is 6.42 Å². The summed E-state index contributed by atoms with van der Waals surface area (Å²) in [6.45, 7) is 5.10. The van der Waals surface area contributed by atoms with Gasteiger partial charge < -0.3 is 5.32 Å². The van der Waals surface area contributed by atoms with Gasteiger partial charge in [-0.05, 0) is 67.6 Å². The van der Waals surface area contributed by atoms with Crippen LogP contribution in [0.25, 0.3) is 0 Å². The van der Waals surface area contributed by atoms with Crippen LogP contribution >= 0.6 is 0 Å². The topological polar surface area (TPSA) is 24.9 Å². The lowest BCUT2D eigenvalue weighted by molar-refractivity contribution is 0.496. The highest BCUT2D eigenvalue weighted by atomic mass is 19.1. The molecule has 0 radical (unpaired) electrons. The maximum Gasteiger partial charge on any atom is 0.123 e. The van der Waals surface area contributed by atoms with Gasteiger partial charge in [-0.15, -0.1) is 0 Å². The van der Waals surface area contributed by atoms with Gasteiger partial charge in [0.15, 0.2) is 0 Å². The molecule has 0 aliphatic heterocycles. The van der Waals surface area contributed by atoms with Crippen molar-refractivity contribution >= 4 is 0 Å². The molecule has 3 heteroatoms. The number of benzene rings is 1. The van der Waals surface area contributed by atoms with E-state index in [4.69, 9.17) is 0 Å². The van der Waals surface area contributed by atoms with Crippen molar-refractivity contribution in [3.05, 3.63) is 65.2 Å². The lowest BCUT2D eigenvalue weighted by atomic mass is 9.95. The summed E-state index contributed by atoms with van der Waals surface area (Å²) in [5, 5.41) is 3.57. The van der Waals surface area contributed by atoms with Gasteiger partial charge in [0, 0.05) is 18.4 Å². The van der Waals surface area contributed by atoms with Crippen molar-refractivity contribution in [2.24, 2.45) is 0 Å². The van der Waals surface area contributed by atoms with E-state index in [9.17, 15) is 4.39 Å². The lowest BCUT2D eigenvalue weighted by Gasteiger charge is -2.21. The van der Waals surface area contributed by atoms with Gasteiger partial charge in [0.2, 0.25) is 0 Å². The van der Waals surface area contributed by atoms with Crippen molar-refractivity contribution in [3.8, 4) is 0 Å². The number of hydrogen-bond acceptors (Lipinski definition) is 2. The lowest BCUT2D eigenvalue weighted by Crippen LogP contribution is -2.23. The van der Waals surface area contributed by atoms with Gasteiger partial charge in [0.25, 0.3) is 0 Å². The zero-order chi connectivity index (χ0) is 15.1. The van der Waals surface area contributed by atoms with E-state index in [-0.39, 0.29) is 11.9 Å². The van der Waals surface area contributed by atoms with Crippen molar-refractivity contribution in [3.63, 3.8) is 0 Å². The van der Waals surface area contributed by atoms with Crippen LogP contribution < -0.4 is 5.32 Å². The van der Waals surface area contributed by atoms with E-state index in [2.05, 4.69) is 23.3 Å². The van der Waals surface area contributed by atoms with Gasteiger partial charge in [0.1, 0.15) is 5.82 Å². The second kappa shape index (κ2) is 7.89. The van der Waals surface area contributed by atoms with Crippen molar-refractivity contribution in [2.45, 2.75) is 39.2 Å². The molecule has 0 saturated carbocycles. The Labute approximate surface area is 126 Å². The number of aryl methyl sites for hydroxylation is 2. The fourth-order valence-corrected chi connectivity index (χ4v) is 2.57. The van der Waals surface area contributed by atoms with Crippen molar-refractivity contribution in [1.29, 1.82) is 0 Å². The third-order valence-corrected chi connectivity index (χ3v) is 3.69. The van der Waals surface area contributed by atoms with E-state index in [0.717, 1.165) is 31.4 Å². The zero-order valence-corrected chi connectivity index (χ0v) is 12.8. The van der Waals surface area contributed by atoms with E-state index in [1.807, 2.05) is 25.3 Å². The molecule has 21 heavy (non-hydrogen) atoms. The second-order valence-corrected chi connectivity index (χ2v) is 5.41. The van der Waals surface area contributed by atoms with Gasteiger partial charge in [-0.25, -0.2) is 4.39 Å². The van der Waals surface area contributed by atoms with Crippen LogP contribution in [0, 0.1) is 12.7 Å². The Morgan fingerprint density at radius 3 is 2.81 bits per heavy atom. The Bertz CT molecular complexity index is 554. The quantitative estimate of drug-likeness (QED) is 0.825. The summed E-state index contributed by atoms with van der Waals surface area (Å²) in [4.78, 5) is 4.16. The number of halogens is 1. The van der Waals surface area contributed by atoms with Gasteiger partial charge in [-0.2, -0.15) is 0 Å². The number of pyridine rings is 1. The van der Waals surface area contributed by atoms with E-state index in [1.54, 1.807) is 18.3 Å². The molecular formula is C18H23FN2. The SMILES string of the molecule is CCCNC(CCc1cccnc1)c1ccc(F)cc1C. The first kappa shape index (κ1) is 15.6. The predicted octanol–water partition coefficient (Wildman–Crippen LogP) is 4.20. The van der Waals surface area contributed by atoms with E-state index in [1.165, 1.54) is 11.1 Å². The van der Waals surface area contributed by atoms with Crippen LogP contribution in [-0.4, -0.2) is 11.5 Å². The normalized spacial score (nSPS) is 12.3. The maximum absolute atomic E-state index is 13.3. The summed E-state index contributed by atoms with van der Waals surface area (Å²) >= 11 is 0. The highest BCUT2D eigenvalue weighted by Crippen LogP contribution is 2.23. The molecule has 0 aliphatic rings. The van der Waals surface area contributed by atoms with Crippen LogP contribution in [0.1, 0.15) is 42.5 Å². The van der Waals surface area contributed by atoms with E-state index < -0.39 is 0 Å². The van der Waals surface area contributed by atoms with Crippen molar-refractivity contribution in [2.75, 3.05) is 6.54 Å². The fraction of sp³-hybridized carbons (Fsp3) is 0.389. The third-order valence-electron chi connectivity index (χ3n) is 3.69. The minimum Gasteiger partial charge on any atom is -0.310 e. The molecule has 2 nitrogen and oxygen atoms in total. The van der Waals surface area contributed by atoms with Crippen molar-refractivity contribution in [1.82, 2.24) is 10.3 Å². The van der Waals surface area contributed by atoms with E-state index in [0.29, 0.717) is 0 Å². The standard InChI is InChI=1S/C18H23FN2/c1-3-10-21-18(9-6-15-5-4-11-20-13-15)17-8-7-16(19)12-14(17)2/h4-5,7-8,11-13,18,21H,3,6,9-10H2,1-2H3. The van der Waals surface area contributed by atoms with Crippen molar-refractivity contribution < 1.29 is 4.39 Å². The summed E-state index contributed by atoms with van der Waals surface area (Å²) in [6, 6.07) is 9.38. The number of nitrogens with zero attached hydrogens (tertiary/aromatic N) is 1. The molecule has 112 valence electrons. The first-order chi connectivity index (χ1) is 10.2. The van der Waals surface area contributed by atoms with Gasteiger partial charge in [-0.1, -0.05) is 19.1 Å². The molecule has 1 N–H and O–H groups in total. The minimum absolute atomic E-state index is 0.169. The molecule has 2 rings (SSSR count). The average molecular weight is 286 g/mol. The Balaban J connectivity index is 2.10. The maximum atomic E-state index is 13.3. The summed E-state index contributed by atoms with van der Waals surface area (Å²) in [5.41, 5.74) is 3.43. The monoisotopic (exact) mass is 286 g/mol. The molecule has 0 aliphatic carbocycles. The highest BCUT2D eigenvalue weighted by Gasteiger charge is 2.13. The minimum atomic E-state index is -0.169. The summed E-state index contributed by atoms with van der Waals surface area (Å²) in [5.74, 6) is -0.169. The molecule has 1 unspecified atom stereocenters. The Hall–Kier alpha value is -1.74. The molecule has 1 heterocycles. The van der Waals surface area contributed by atoms with Gasteiger partial charge in [0.05, 0.1) is 0 Å². The molecule has 2 aromatic rings. The molecule has 0 saturated heterocycles. The number of rotatable bonds is 7. The van der Waals surface area contributed by atoms with Crippen LogP contribution in [0.2, 0.25) is 0 Å². The summed E-state index contributed by atoms with van der Waals surface area (Å²) < 4.78 is 13.3. The van der Waals surface area contributed by atoms with Crippen LogP contribution in [0.5, 0.6) is 0 Å². The molecule has 0 fully saturated rings. The zero-order valence-electron chi connectivity index (χ0n) is 12.8. The van der Waals surface area contributed by atoms with Crippen LogP contribution in [0.4, 0.5) is 4.39 Å². The Kier molecular flexibility index (Phi) is 5.88. The van der Waals surface area contributed by atoms with Crippen LogP contribution in [0.15, 0.2) is 42.7 Å². The average Bonchev–Trinajstić information content (AvgIpc) is 2.49. The summed E-state index contributed by atoms with van der Waals surface area (Å²) in [6.07, 6.45) is 6.74. The summed E-state index contributed by atoms with van der Waals surface area (Å²) in [7, 11) is 0. The molecule has 1 aromatic carbocycles. The highest BCUT2D eigenvalue weighted by molar-refractivity contribution is 5.29. The molecule has 0 amide bonds. The molecule has 1 atom stereocenters.